The molecule has 0 amide bonds. The molecule has 0 saturated heterocycles. The van der Waals surface area contributed by atoms with E-state index in [0.717, 1.165) is 18.0 Å². The number of nitrogens with two attached hydrogens (primary N) is 1. The van der Waals surface area contributed by atoms with Gasteiger partial charge in [-0.1, -0.05) is 42.1 Å². The largest absolute Gasteiger partial charge is 0.330 e. The van der Waals surface area contributed by atoms with Crippen LogP contribution in [-0.4, -0.2) is 6.54 Å². The first-order valence-corrected chi connectivity index (χ1v) is 6.55. The van der Waals surface area contributed by atoms with Crippen LogP contribution in [0, 0.1) is 5.41 Å². The second kappa shape index (κ2) is 4.95. The second-order valence-electron chi connectivity index (χ2n) is 4.82. The summed E-state index contributed by atoms with van der Waals surface area (Å²) in [6.07, 6.45) is 6.02. The van der Waals surface area contributed by atoms with Crippen molar-refractivity contribution in [2.75, 3.05) is 6.54 Å². The van der Waals surface area contributed by atoms with Gasteiger partial charge in [0.15, 0.2) is 0 Å². The minimum atomic E-state index is 0.275. The van der Waals surface area contributed by atoms with Crippen LogP contribution in [0.25, 0.3) is 0 Å². The highest BCUT2D eigenvalue weighted by Crippen LogP contribution is 2.41. The zero-order chi connectivity index (χ0) is 11.6. The first-order chi connectivity index (χ1) is 7.65. The van der Waals surface area contributed by atoms with Gasteiger partial charge in [-0.2, -0.15) is 0 Å². The highest BCUT2D eigenvalue weighted by atomic mass is 35.5. The van der Waals surface area contributed by atoms with Crippen LogP contribution in [0.15, 0.2) is 18.2 Å². The molecule has 1 nitrogen and oxygen atoms in total. The van der Waals surface area contributed by atoms with Crippen molar-refractivity contribution < 1.29 is 0 Å². The molecule has 2 N–H and O–H groups in total. The monoisotopic (exact) mass is 257 g/mol. The molecule has 1 aromatic carbocycles. The van der Waals surface area contributed by atoms with Crippen LogP contribution in [-0.2, 0) is 6.42 Å². The van der Waals surface area contributed by atoms with Gasteiger partial charge < -0.3 is 5.73 Å². The number of benzene rings is 1. The summed E-state index contributed by atoms with van der Waals surface area (Å²) in [6, 6.07) is 5.75. The Morgan fingerprint density at radius 3 is 2.44 bits per heavy atom. The van der Waals surface area contributed by atoms with Crippen LogP contribution >= 0.6 is 23.2 Å². The molecule has 0 radical (unpaired) electrons. The van der Waals surface area contributed by atoms with Crippen LogP contribution in [0.1, 0.15) is 31.2 Å². The standard InChI is InChI=1S/C13H17Cl2N/c14-11-4-3-10(12(15)7-11)8-13(9-16)5-1-2-6-13/h3-4,7H,1-2,5-6,8-9,16H2. The molecule has 0 spiro atoms. The lowest BCUT2D eigenvalue weighted by Crippen LogP contribution is -2.29. The number of hydrogen-bond donors (Lipinski definition) is 1. The van der Waals surface area contributed by atoms with Crippen molar-refractivity contribution in [3.05, 3.63) is 33.8 Å². The lowest BCUT2D eigenvalue weighted by atomic mass is 9.80. The van der Waals surface area contributed by atoms with Crippen molar-refractivity contribution in [3.63, 3.8) is 0 Å². The molecular formula is C13H17Cl2N. The highest BCUT2D eigenvalue weighted by Gasteiger charge is 2.32. The lowest BCUT2D eigenvalue weighted by molar-refractivity contribution is 0.306. The van der Waals surface area contributed by atoms with Crippen molar-refractivity contribution in [1.29, 1.82) is 0 Å². The van der Waals surface area contributed by atoms with Gasteiger partial charge in [-0.3, -0.25) is 0 Å². The summed E-state index contributed by atoms with van der Waals surface area (Å²) in [5.41, 5.74) is 7.38. The predicted molar refractivity (Wildman–Crippen MR) is 70.1 cm³/mol. The fourth-order valence-corrected chi connectivity index (χ4v) is 3.12. The Kier molecular flexibility index (Phi) is 3.78. The molecule has 1 aromatic rings. The molecule has 16 heavy (non-hydrogen) atoms. The minimum absolute atomic E-state index is 0.275. The Morgan fingerprint density at radius 1 is 1.19 bits per heavy atom. The van der Waals surface area contributed by atoms with Crippen LogP contribution < -0.4 is 5.73 Å². The molecule has 1 aliphatic carbocycles. The van der Waals surface area contributed by atoms with Gasteiger partial charge in [0, 0.05) is 10.0 Å². The zero-order valence-corrected chi connectivity index (χ0v) is 10.8. The van der Waals surface area contributed by atoms with E-state index in [1.54, 1.807) is 0 Å². The fourth-order valence-electron chi connectivity index (χ4n) is 2.65. The molecule has 1 saturated carbocycles. The molecule has 0 heterocycles. The van der Waals surface area contributed by atoms with E-state index in [4.69, 9.17) is 28.9 Å². The normalized spacial score (nSPS) is 18.9. The summed E-state index contributed by atoms with van der Waals surface area (Å²) in [5, 5.41) is 1.47. The van der Waals surface area contributed by atoms with Crippen LogP contribution in [0.5, 0.6) is 0 Å². The van der Waals surface area contributed by atoms with Gasteiger partial charge in [-0.15, -0.1) is 0 Å². The molecule has 1 aliphatic rings. The molecule has 3 heteroatoms. The fraction of sp³-hybridized carbons (Fsp3) is 0.538. The Hall–Kier alpha value is -0.240. The van der Waals surface area contributed by atoms with E-state index in [1.165, 1.54) is 31.2 Å². The zero-order valence-electron chi connectivity index (χ0n) is 9.31. The molecule has 1 fully saturated rings. The maximum Gasteiger partial charge on any atom is 0.0453 e. The summed E-state index contributed by atoms with van der Waals surface area (Å²) in [5.74, 6) is 0. The third-order valence-electron chi connectivity index (χ3n) is 3.68. The van der Waals surface area contributed by atoms with Gasteiger partial charge in [-0.05, 0) is 48.9 Å². The van der Waals surface area contributed by atoms with E-state index in [1.807, 2.05) is 18.2 Å². The van der Waals surface area contributed by atoms with E-state index in [-0.39, 0.29) is 5.41 Å². The Morgan fingerprint density at radius 2 is 1.88 bits per heavy atom. The SMILES string of the molecule is NCC1(Cc2ccc(Cl)cc2Cl)CCCC1. The number of rotatable bonds is 3. The van der Waals surface area contributed by atoms with Gasteiger partial charge in [0.05, 0.1) is 0 Å². The second-order valence-corrected chi connectivity index (χ2v) is 5.67. The number of hydrogen-bond acceptors (Lipinski definition) is 1. The van der Waals surface area contributed by atoms with E-state index in [9.17, 15) is 0 Å². The average molecular weight is 258 g/mol. The maximum absolute atomic E-state index is 6.20. The van der Waals surface area contributed by atoms with Crippen LogP contribution in [0.2, 0.25) is 10.0 Å². The third-order valence-corrected chi connectivity index (χ3v) is 4.26. The van der Waals surface area contributed by atoms with E-state index in [2.05, 4.69) is 0 Å². The molecule has 0 bridgehead atoms. The van der Waals surface area contributed by atoms with Gasteiger partial charge in [-0.25, -0.2) is 0 Å². The Balaban J connectivity index is 2.19. The Labute approximate surface area is 107 Å². The predicted octanol–water partition coefficient (Wildman–Crippen LogP) is 4.06. The van der Waals surface area contributed by atoms with Crippen molar-refractivity contribution >= 4 is 23.2 Å². The first-order valence-electron chi connectivity index (χ1n) is 5.79. The van der Waals surface area contributed by atoms with E-state index in [0.29, 0.717) is 5.02 Å². The van der Waals surface area contributed by atoms with Gasteiger partial charge in [0.2, 0.25) is 0 Å². The molecule has 0 atom stereocenters. The van der Waals surface area contributed by atoms with Crippen LogP contribution in [0.4, 0.5) is 0 Å². The van der Waals surface area contributed by atoms with Crippen molar-refractivity contribution in [3.8, 4) is 0 Å². The lowest BCUT2D eigenvalue weighted by Gasteiger charge is -2.27. The highest BCUT2D eigenvalue weighted by molar-refractivity contribution is 6.35. The van der Waals surface area contributed by atoms with E-state index >= 15 is 0 Å². The molecule has 88 valence electrons. The van der Waals surface area contributed by atoms with Gasteiger partial charge in [0.25, 0.3) is 0 Å². The van der Waals surface area contributed by atoms with Gasteiger partial charge in [0.1, 0.15) is 0 Å². The molecule has 0 unspecified atom stereocenters. The van der Waals surface area contributed by atoms with Gasteiger partial charge >= 0.3 is 0 Å². The summed E-state index contributed by atoms with van der Waals surface area (Å²) in [7, 11) is 0. The molecule has 0 aromatic heterocycles. The maximum atomic E-state index is 6.20. The third kappa shape index (κ3) is 2.53. The summed E-state index contributed by atoms with van der Waals surface area (Å²) in [4.78, 5) is 0. The number of halogens is 2. The van der Waals surface area contributed by atoms with Crippen molar-refractivity contribution in [2.24, 2.45) is 11.1 Å². The summed E-state index contributed by atoms with van der Waals surface area (Å²) >= 11 is 12.1. The summed E-state index contributed by atoms with van der Waals surface area (Å²) in [6.45, 7) is 0.756. The quantitative estimate of drug-likeness (QED) is 0.869. The topological polar surface area (TPSA) is 26.0 Å². The van der Waals surface area contributed by atoms with E-state index < -0.39 is 0 Å². The van der Waals surface area contributed by atoms with Crippen molar-refractivity contribution in [1.82, 2.24) is 0 Å². The molecule has 2 rings (SSSR count). The average Bonchev–Trinajstić information content (AvgIpc) is 2.72. The van der Waals surface area contributed by atoms with Crippen LogP contribution in [0.3, 0.4) is 0 Å². The summed E-state index contributed by atoms with van der Waals surface area (Å²) < 4.78 is 0. The molecule has 0 aliphatic heterocycles. The Bertz CT molecular complexity index is 370. The minimum Gasteiger partial charge on any atom is -0.330 e. The smallest absolute Gasteiger partial charge is 0.0453 e. The van der Waals surface area contributed by atoms with Crippen molar-refractivity contribution in [2.45, 2.75) is 32.1 Å². The molecular weight excluding hydrogens is 241 g/mol. The first kappa shape index (κ1) is 12.2.